The van der Waals surface area contributed by atoms with Crippen molar-refractivity contribution in [2.45, 2.75) is 39.5 Å². The molecule has 0 radical (unpaired) electrons. The van der Waals surface area contributed by atoms with Crippen LogP contribution in [0.1, 0.15) is 39.5 Å². The minimum absolute atomic E-state index is 0.170. The van der Waals surface area contributed by atoms with Gasteiger partial charge in [-0.05, 0) is 49.7 Å². The fourth-order valence-electron chi connectivity index (χ4n) is 2.73. The van der Waals surface area contributed by atoms with E-state index < -0.39 is 0 Å². The van der Waals surface area contributed by atoms with Crippen LogP contribution in [0.5, 0.6) is 0 Å². The van der Waals surface area contributed by atoms with E-state index in [1.807, 2.05) is 12.1 Å². The van der Waals surface area contributed by atoms with Gasteiger partial charge in [-0.15, -0.1) is 0 Å². The lowest BCUT2D eigenvalue weighted by Crippen LogP contribution is -2.28. The lowest BCUT2D eigenvalue weighted by molar-refractivity contribution is -0.121. The SMILES string of the molecule is CC(C)C1CCC(C(=O)Nc2ccncc2)CC1. The Labute approximate surface area is 109 Å². The van der Waals surface area contributed by atoms with Crippen LogP contribution >= 0.6 is 0 Å². The summed E-state index contributed by atoms with van der Waals surface area (Å²) in [5.74, 6) is 1.90. The number of hydrogen-bond donors (Lipinski definition) is 1. The van der Waals surface area contributed by atoms with Gasteiger partial charge in [-0.3, -0.25) is 9.78 Å². The first-order chi connectivity index (χ1) is 8.66. The number of carbonyl (C=O) groups excluding carboxylic acids is 1. The Morgan fingerprint density at radius 1 is 1.22 bits per heavy atom. The van der Waals surface area contributed by atoms with Gasteiger partial charge in [-0.2, -0.15) is 0 Å². The molecule has 0 atom stereocenters. The van der Waals surface area contributed by atoms with Crippen LogP contribution in [0.15, 0.2) is 24.5 Å². The zero-order chi connectivity index (χ0) is 13.0. The third-order valence-electron chi connectivity index (χ3n) is 4.03. The Morgan fingerprint density at radius 2 is 1.83 bits per heavy atom. The van der Waals surface area contributed by atoms with Gasteiger partial charge < -0.3 is 5.32 Å². The van der Waals surface area contributed by atoms with Crippen molar-refractivity contribution in [2.75, 3.05) is 5.32 Å². The maximum atomic E-state index is 12.1. The van der Waals surface area contributed by atoms with Gasteiger partial charge in [-0.1, -0.05) is 13.8 Å². The molecule has 1 aliphatic carbocycles. The van der Waals surface area contributed by atoms with E-state index in [0.29, 0.717) is 0 Å². The van der Waals surface area contributed by atoms with Crippen molar-refractivity contribution in [2.24, 2.45) is 17.8 Å². The summed E-state index contributed by atoms with van der Waals surface area (Å²) in [4.78, 5) is 16.1. The van der Waals surface area contributed by atoms with Gasteiger partial charge in [0, 0.05) is 24.0 Å². The highest BCUT2D eigenvalue weighted by molar-refractivity contribution is 5.92. The molecule has 2 rings (SSSR count). The first-order valence-corrected chi connectivity index (χ1v) is 6.87. The van der Waals surface area contributed by atoms with E-state index in [2.05, 4.69) is 24.1 Å². The van der Waals surface area contributed by atoms with Gasteiger partial charge in [0.15, 0.2) is 0 Å². The molecule has 0 saturated heterocycles. The average molecular weight is 246 g/mol. The molecule has 0 spiro atoms. The molecule has 3 heteroatoms. The predicted molar refractivity (Wildman–Crippen MR) is 73.2 cm³/mol. The number of carbonyl (C=O) groups is 1. The Morgan fingerprint density at radius 3 is 2.39 bits per heavy atom. The predicted octanol–water partition coefficient (Wildman–Crippen LogP) is 3.48. The van der Waals surface area contributed by atoms with E-state index in [1.54, 1.807) is 12.4 Å². The Kier molecular flexibility index (Phi) is 4.34. The van der Waals surface area contributed by atoms with Gasteiger partial charge in [-0.25, -0.2) is 0 Å². The molecule has 1 N–H and O–H groups in total. The highest BCUT2D eigenvalue weighted by Gasteiger charge is 2.27. The van der Waals surface area contributed by atoms with E-state index in [1.165, 1.54) is 12.8 Å². The maximum absolute atomic E-state index is 12.1. The first-order valence-electron chi connectivity index (χ1n) is 6.87. The fourth-order valence-corrected chi connectivity index (χ4v) is 2.73. The topological polar surface area (TPSA) is 42.0 Å². The summed E-state index contributed by atoms with van der Waals surface area (Å²) >= 11 is 0. The summed E-state index contributed by atoms with van der Waals surface area (Å²) in [6.07, 6.45) is 7.83. The summed E-state index contributed by atoms with van der Waals surface area (Å²) in [7, 11) is 0. The normalized spacial score (nSPS) is 23.9. The molecule has 1 fully saturated rings. The van der Waals surface area contributed by atoms with Gasteiger partial charge in [0.1, 0.15) is 0 Å². The second-order valence-electron chi connectivity index (χ2n) is 5.58. The van der Waals surface area contributed by atoms with Gasteiger partial charge in [0.2, 0.25) is 5.91 Å². The Hall–Kier alpha value is -1.38. The molecule has 1 aromatic rings. The molecule has 98 valence electrons. The molecule has 3 nitrogen and oxygen atoms in total. The lowest BCUT2D eigenvalue weighted by atomic mass is 9.76. The Balaban J connectivity index is 1.85. The summed E-state index contributed by atoms with van der Waals surface area (Å²) in [6.45, 7) is 4.56. The summed E-state index contributed by atoms with van der Waals surface area (Å²) < 4.78 is 0. The third kappa shape index (κ3) is 3.31. The quantitative estimate of drug-likeness (QED) is 0.887. The molecule has 0 bridgehead atoms. The second-order valence-corrected chi connectivity index (χ2v) is 5.58. The molecule has 1 aliphatic rings. The Bertz CT molecular complexity index is 381. The molecule has 1 saturated carbocycles. The van der Waals surface area contributed by atoms with Crippen LogP contribution in [0.4, 0.5) is 5.69 Å². The molecule has 1 amide bonds. The minimum Gasteiger partial charge on any atom is -0.326 e. The smallest absolute Gasteiger partial charge is 0.227 e. The molecule has 1 heterocycles. The number of aromatic nitrogens is 1. The van der Waals surface area contributed by atoms with E-state index in [-0.39, 0.29) is 11.8 Å². The summed E-state index contributed by atoms with van der Waals surface area (Å²) in [6, 6.07) is 3.66. The van der Waals surface area contributed by atoms with Crippen LogP contribution < -0.4 is 5.32 Å². The molecule has 0 aromatic carbocycles. The number of rotatable bonds is 3. The molecular weight excluding hydrogens is 224 g/mol. The molecule has 0 aliphatic heterocycles. The second kappa shape index (κ2) is 5.98. The highest BCUT2D eigenvalue weighted by atomic mass is 16.1. The largest absolute Gasteiger partial charge is 0.326 e. The van der Waals surface area contributed by atoms with E-state index >= 15 is 0 Å². The van der Waals surface area contributed by atoms with Crippen molar-refractivity contribution < 1.29 is 4.79 Å². The van der Waals surface area contributed by atoms with Crippen molar-refractivity contribution in [3.8, 4) is 0 Å². The summed E-state index contributed by atoms with van der Waals surface area (Å²) in [5, 5.41) is 2.98. The van der Waals surface area contributed by atoms with Crippen LogP contribution in [0.3, 0.4) is 0 Å². The van der Waals surface area contributed by atoms with Gasteiger partial charge >= 0.3 is 0 Å². The standard InChI is InChI=1S/C15H22N2O/c1-11(2)12-3-5-13(6-4-12)15(18)17-14-7-9-16-10-8-14/h7-13H,3-6H2,1-2H3,(H,16,17,18). The van der Waals surface area contributed by atoms with E-state index in [0.717, 1.165) is 30.4 Å². The monoisotopic (exact) mass is 246 g/mol. The van der Waals surface area contributed by atoms with Crippen LogP contribution in [-0.2, 0) is 4.79 Å². The van der Waals surface area contributed by atoms with Crippen LogP contribution in [0.2, 0.25) is 0 Å². The van der Waals surface area contributed by atoms with Crippen LogP contribution in [-0.4, -0.2) is 10.9 Å². The van der Waals surface area contributed by atoms with Crippen LogP contribution in [0, 0.1) is 17.8 Å². The van der Waals surface area contributed by atoms with E-state index in [4.69, 9.17) is 0 Å². The third-order valence-corrected chi connectivity index (χ3v) is 4.03. The number of nitrogens with zero attached hydrogens (tertiary/aromatic N) is 1. The number of anilines is 1. The molecule has 1 aromatic heterocycles. The molecule has 18 heavy (non-hydrogen) atoms. The zero-order valence-corrected chi connectivity index (χ0v) is 11.2. The van der Waals surface area contributed by atoms with Crippen molar-refractivity contribution in [1.82, 2.24) is 4.98 Å². The lowest BCUT2D eigenvalue weighted by Gasteiger charge is -2.30. The van der Waals surface area contributed by atoms with Crippen LogP contribution in [0.25, 0.3) is 0 Å². The number of amides is 1. The zero-order valence-electron chi connectivity index (χ0n) is 11.2. The maximum Gasteiger partial charge on any atom is 0.227 e. The number of hydrogen-bond acceptors (Lipinski definition) is 2. The van der Waals surface area contributed by atoms with Crippen molar-refractivity contribution >= 4 is 11.6 Å². The van der Waals surface area contributed by atoms with Crippen molar-refractivity contribution in [1.29, 1.82) is 0 Å². The molecular formula is C15H22N2O. The minimum atomic E-state index is 0.170. The number of pyridine rings is 1. The van der Waals surface area contributed by atoms with E-state index in [9.17, 15) is 4.79 Å². The van der Waals surface area contributed by atoms with Crippen molar-refractivity contribution in [3.63, 3.8) is 0 Å². The van der Waals surface area contributed by atoms with Gasteiger partial charge in [0.05, 0.1) is 0 Å². The number of nitrogens with one attached hydrogen (secondary N) is 1. The highest BCUT2D eigenvalue weighted by Crippen LogP contribution is 2.33. The molecule has 0 unspecified atom stereocenters. The van der Waals surface area contributed by atoms with Gasteiger partial charge in [0.25, 0.3) is 0 Å². The van der Waals surface area contributed by atoms with Crippen molar-refractivity contribution in [3.05, 3.63) is 24.5 Å². The average Bonchev–Trinajstić information content (AvgIpc) is 2.40. The fraction of sp³-hybridized carbons (Fsp3) is 0.600. The first kappa shape index (κ1) is 13.1. The summed E-state index contributed by atoms with van der Waals surface area (Å²) in [5.41, 5.74) is 0.848.